The molecule has 0 unspecified atom stereocenters. The standard InChI is InChI=1S/C5H3Cl3N2O/c1-2-3-9-10-4(11-3)5(6,7)8/h2H,1H2. The van der Waals surface area contributed by atoms with Crippen molar-refractivity contribution in [1.29, 1.82) is 0 Å². The Labute approximate surface area is 77.9 Å². The molecule has 0 saturated heterocycles. The van der Waals surface area contributed by atoms with Crippen LogP contribution < -0.4 is 0 Å². The van der Waals surface area contributed by atoms with E-state index in [2.05, 4.69) is 16.8 Å². The van der Waals surface area contributed by atoms with Gasteiger partial charge in [0.05, 0.1) is 0 Å². The molecule has 1 aromatic heterocycles. The van der Waals surface area contributed by atoms with Crippen molar-refractivity contribution in [2.45, 2.75) is 3.79 Å². The summed E-state index contributed by atoms with van der Waals surface area (Å²) in [7, 11) is 0. The molecular weight excluding hydrogens is 210 g/mol. The molecule has 0 aliphatic carbocycles. The van der Waals surface area contributed by atoms with Crippen LogP contribution in [-0.2, 0) is 3.79 Å². The van der Waals surface area contributed by atoms with Crippen LogP contribution in [0.5, 0.6) is 0 Å². The molecule has 6 heteroatoms. The van der Waals surface area contributed by atoms with Gasteiger partial charge in [-0.15, -0.1) is 10.2 Å². The van der Waals surface area contributed by atoms with Crippen molar-refractivity contribution in [3.63, 3.8) is 0 Å². The van der Waals surface area contributed by atoms with Crippen LogP contribution in [0.1, 0.15) is 11.8 Å². The molecule has 3 nitrogen and oxygen atoms in total. The molecule has 11 heavy (non-hydrogen) atoms. The van der Waals surface area contributed by atoms with E-state index in [1.54, 1.807) is 0 Å². The molecule has 0 N–H and O–H groups in total. The number of nitrogens with zero attached hydrogens (tertiary/aromatic N) is 2. The fourth-order valence-electron chi connectivity index (χ4n) is 0.432. The van der Waals surface area contributed by atoms with Gasteiger partial charge < -0.3 is 4.42 Å². The first-order chi connectivity index (χ1) is 5.04. The minimum atomic E-state index is -1.66. The van der Waals surface area contributed by atoms with Gasteiger partial charge in [-0.1, -0.05) is 41.4 Å². The lowest BCUT2D eigenvalue weighted by atomic mass is 10.6. The largest absolute Gasteiger partial charge is 0.417 e. The van der Waals surface area contributed by atoms with Gasteiger partial charge in [0.25, 0.3) is 9.68 Å². The van der Waals surface area contributed by atoms with E-state index in [4.69, 9.17) is 39.2 Å². The molecule has 0 atom stereocenters. The van der Waals surface area contributed by atoms with Gasteiger partial charge >= 0.3 is 0 Å². The van der Waals surface area contributed by atoms with Crippen LogP contribution in [0.25, 0.3) is 6.08 Å². The lowest BCUT2D eigenvalue weighted by molar-refractivity contribution is 0.493. The van der Waals surface area contributed by atoms with E-state index < -0.39 is 3.79 Å². The molecule has 1 heterocycles. The Morgan fingerprint density at radius 3 is 2.27 bits per heavy atom. The topological polar surface area (TPSA) is 38.9 Å². The first kappa shape index (κ1) is 8.84. The SMILES string of the molecule is C=Cc1nnc(C(Cl)(Cl)Cl)o1. The Hall–Kier alpha value is -0.250. The molecule has 0 spiro atoms. The molecule has 60 valence electrons. The summed E-state index contributed by atoms with van der Waals surface area (Å²) in [5, 5.41) is 6.99. The van der Waals surface area contributed by atoms with Gasteiger partial charge in [-0.05, 0) is 6.08 Å². The van der Waals surface area contributed by atoms with Crippen LogP contribution in [0.15, 0.2) is 11.0 Å². The third-order valence-electron chi connectivity index (χ3n) is 0.858. The highest BCUT2D eigenvalue weighted by atomic mass is 35.6. The highest BCUT2D eigenvalue weighted by molar-refractivity contribution is 6.66. The summed E-state index contributed by atoms with van der Waals surface area (Å²) in [6.45, 7) is 3.40. The summed E-state index contributed by atoms with van der Waals surface area (Å²) >= 11 is 16.3. The molecule has 0 bridgehead atoms. The van der Waals surface area contributed by atoms with E-state index in [1.165, 1.54) is 6.08 Å². The predicted molar refractivity (Wildman–Crippen MR) is 43.6 cm³/mol. The molecule has 0 saturated carbocycles. The summed E-state index contributed by atoms with van der Waals surface area (Å²) in [6.07, 6.45) is 1.37. The van der Waals surface area contributed by atoms with Crippen molar-refractivity contribution in [3.05, 3.63) is 18.4 Å². The molecular formula is C5H3Cl3N2O. The third kappa shape index (κ3) is 2.09. The van der Waals surface area contributed by atoms with Crippen molar-refractivity contribution >= 4 is 40.9 Å². The first-order valence-electron chi connectivity index (χ1n) is 2.57. The second kappa shape index (κ2) is 3.01. The van der Waals surface area contributed by atoms with Crippen molar-refractivity contribution in [2.24, 2.45) is 0 Å². The zero-order valence-electron chi connectivity index (χ0n) is 5.22. The number of rotatable bonds is 1. The van der Waals surface area contributed by atoms with Crippen LogP contribution in [0.4, 0.5) is 0 Å². The van der Waals surface area contributed by atoms with E-state index in [-0.39, 0.29) is 11.8 Å². The zero-order valence-corrected chi connectivity index (χ0v) is 7.49. The molecule has 0 fully saturated rings. The van der Waals surface area contributed by atoms with Gasteiger partial charge in [0.2, 0.25) is 5.89 Å². The first-order valence-corrected chi connectivity index (χ1v) is 3.70. The van der Waals surface area contributed by atoms with Gasteiger partial charge in [-0.3, -0.25) is 0 Å². The Kier molecular flexibility index (Phi) is 2.42. The van der Waals surface area contributed by atoms with Crippen molar-refractivity contribution in [2.75, 3.05) is 0 Å². The molecule has 1 rings (SSSR count). The molecule has 0 aliphatic heterocycles. The molecule has 1 aromatic rings. The lowest BCUT2D eigenvalue weighted by Gasteiger charge is -2.01. The fourth-order valence-corrected chi connectivity index (χ4v) is 0.661. The summed E-state index contributed by atoms with van der Waals surface area (Å²) in [5.41, 5.74) is 0. The second-order valence-electron chi connectivity index (χ2n) is 1.65. The van der Waals surface area contributed by atoms with E-state index in [0.717, 1.165) is 0 Å². The van der Waals surface area contributed by atoms with Gasteiger partial charge in [-0.2, -0.15) is 0 Å². The zero-order chi connectivity index (χ0) is 8.48. The minimum absolute atomic E-state index is 0.0580. The highest BCUT2D eigenvalue weighted by Crippen LogP contribution is 2.36. The van der Waals surface area contributed by atoms with Crippen LogP contribution in [-0.4, -0.2) is 10.2 Å². The van der Waals surface area contributed by atoms with Gasteiger partial charge in [-0.25, -0.2) is 0 Å². The Morgan fingerprint density at radius 1 is 1.36 bits per heavy atom. The van der Waals surface area contributed by atoms with E-state index in [1.807, 2.05) is 0 Å². The average Bonchev–Trinajstić information content (AvgIpc) is 2.32. The van der Waals surface area contributed by atoms with E-state index in [0.29, 0.717) is 0 Å². The van der Waals surface area contributed by atoms with Crippen LogP contribution in [0.2, 0.25) is 0 Å². The summed E-state index contributed by atoms with van der Waals surface area (Å²) < 4.78 is 3.20. The van der Waals surface area contributed by atoms with Crippen LogP contribution in [0, 0.1) is 0 Å². The lowest BCUT2D eigenvalue weighted by Crippen LogP contribution is -1.99. The van der Waals surface area contributed by atoms with Crippen LogP contribution in [0.3, 0.4) is 0 Å². The maximum atomic E-state index is 5.43. The van der Waals surface area contributed by atoms with Gasteiger partial charge in [0.1, 0.15) is 0 Å². The Balaban J connectivity index is 2.98. The van der Waals surface area contributed by atoms with E-state index >= 15 is 0 Å². The molecule has 0 aromatic carbocycles. The fraction of sp³-hybridized carbons (Fsp3) is 0.200. The van der Waals surface area contributed by atoms with Crippen molar-refractivity contribution in [1.82, 2.24) is 10.2 Å². The predicted octanol–water partition coefficient (Wildman–Crippen LogP) is 2.54. The summed E-state index contributed by atoms with van der Waals surface area (Å²) in [6, 6.07) is 0. The maximum absolute atomic E-state index is 5.43. The molecule has 0 aliphatic rings. The van der Waals surface area contributed by atoms with Crippen LogP contribution >= 0.6 is 34.8 Å². The number of halogens is 3. The number of aromatic nitrogens is 2. The monoisotopic (exact) mass is 212 g/mol. The quantitative estimate of drug-likeness (QED) is 0.673. The molecule has 0 radical (unpaired) electrons. The van der Waals surface area contributed by atoms with Crippen molar-refractivity contribution < 1.29 is 4.42 Å². The highest BCUT2D eigenvalue weighted by Gasteiger charge is 2.29. The minimum Gasteiger partial charge on any atom is -0.417 e. The maximum Gasteiger partial charge on any atom is 0.268 e. The number of hydrogen-bond donors (Lipinski definition) is 0. The van der Waals surface area contributed by atoms with Crippen molar-refractivity contribution in [3.8, 4) is 0 Å². The normalized spacial score (nSPS) is 11.5. The smallest absolute Gasteiger partial charge is 0.268 e. The van der Waals surface area contributed by atoms with Gasteiger partial charge in [0.15, 0.2) is 0 Å². The number of alkyl halides is 3. The average molecular weight is 213 g/mol. The summed E-state index contributed by atoms with van der Waals surface area (Å²) in [4.78, 5) is 0. The number of hydrogen-bond acceptors (Lipinski definition) is 3. The summed E-state index contributed by atoms with van der Waals surface area (Å²) in [5.74, 6) is 0.170. The Bertz CT molecular complexity index is 265. The van der Waals surface area contributed by atoms with E-state index in [9.17, 15) is 0 Å². The molecule has 0 amide bonds. The Morgan fingerprint density at radius 2 is 2.00 bits per heavy atom. The van der Waals surface area contributed by atoms with Gasteiger partial charge in [0, 0.05) is 0 Å². The second-order valence-corrected chi connectivity index (χ2v) is 3.93. The third-order valence-corrected chi connectivity index (χ3v) is 1.34.